The number of aryl methyl sites for hydroxylation is 1. The van der Waals surface area contributed by atoms with Gasteiger partial charge < -0.3 is 39.1 Å². The normalized spacial score (nSPS) is 21.9. The number of amides is 1. The van der Waals surface area contributed by atoms with Crippen molar-refractivity contribution in [2.24, 2.45) is 0 Å². The van der Waals surface area contributed by atoms with Gasteiger partial charge in [-0.25, -0.2) is 9.78 Å². The van der Waals surface area contributed by atoms with Crippen LogP contribution in [-0.4, -0.2) is 60.6 Å². The van der Waals surface area contributed by atoms with Gasteiger partial charge in [0.2, 0.25) is 0 Å². The van der Waals surface area contributed by atoms with Crippen LogP contribution in [0.1, 0.15) is 22.1 Å². The van der Waals surface area contributed by atoms with Crippen molar-refractivity contribution in [3.63, 3.8) is 0 Å². The zero-order chi connectivity index (χ0) is 23.9. The summed E-state index contributed by atoms with van der Waals surface area (Å²) < 4.78 is 21.4. The van der Waals surface area contributed by atoms with Gasteiger partial charge >= 0.3 is 64.8 Å². The Morgan fingerprint density at radius 1 is 1.31 bits per heavy atom. The number of carbonyl (C=O) groups excluding carboxylic acids is 1. The third-order valence-electron chi connectivity index (χ3n) is 4.97. The third-order valence-corrected chi connectivity index (χ3v) is 5.44. The van der Waals surface area contributed by atoms with E-state index in [1.54, 1.807) is 18.2 Å². The van der Waals surface area contributed by atoms with Crippen LogP contribution < -0.4 is 79.9 Å². The molecular formula is C18H18N5Na2O9P. The summed E-state index contributed by atoms with van der Waals surface area (Å²) in [5.41, 5.74) is 0.332. The minimum Gasteiger partial charge on any atom is -0.790 e. The molecule has 0 saturated carbocycles. The van der Waals surface area contributed by atoms with Gasteiger partial charge in [-0.3, -0.25) is 14.3 Å². The van der Waals surface area contributed by atoms with E-state index in [2.05, 4.69) is 24.8 Å². The number of phosphoric ester groups is 1. The Hall–Kier alpha value is -0.970. The third kappa shape index (κ3) is 6.87. The van der Waals surface area contributed by atoms with Crippen molar-refractivity contribution >= 4 is 30.7 Å². The fraction of sp³-hybridized carbons (Fsp3) is 0.333. The van der Waals surface area contributed by atoms with Gasteiger partial charge in [-0.2, -0.15) is 4.98 Å². The summed E-state index contributed by atoms with van der Waals surface area (Å²) in [6.07, 6.45) is -4.75. The van der Waals surface area contributed by atoms with Gasteiger partial charge in [-0.15, -0.1) is 0 Å². The fourth-order valence-corrected chi connectivity index (χ4v) is 3.77. The number of nitrogens with one attached hydrogen (secondary N) is 2. The summed E-state index contributed by atoms with van der Waals surface area (Å²) in [7, 11) is -5.33. The second-order valence-electron chi connectivity index (χ2n) is 7.35. The minimum absolute atomic E-state index is 0. The van der Waals surface area contributed by atoms with Gasteiger partial charge in [0.05, 0.1) is 20.8 Å². The molecule has 0 spiro atoms. The predicted octanol–water partition coefficient (Wildman–Crippen LogP) is -7.85. The molecule has 1 aliphatic heterocycles. The molecule has 17 heteroatoms. The van der Waals surface area contributed by atoms with Gasteiger partial charge in [0.25, 0.3) is 5.91 Å². The van der Waals surface area contributed by atoms with Gasteiger partial charge in [0, 0.05) is 5.56 Å². The molecule has 2 aromatic heterocycles. The first-order valence-electron chi connectivity index (χ1n) is 9.56. The maximum atomic E-state index is 12.6. The number of aliphatic hydroxyl groups is 2. The van der Waals surface area contributed by atoms with Crippen LogP contribution in [0.4, 0.5) is 5.82 Å². The Kier molecular flexibility index (Phi) is 10.4. The number of rotatable bonds is 6. The molecule has 0 radical (unpaired) electrons. The van der Waals surface area contributed by atoms with Crippen LogP contribution in [0.15, 0.2) is 35.4 Å². The smallest absolute Gasteiger partial charge is 0.790 e. The van der Waals surface area contributed by atoms with Crippen LogP contribution in [-0.2, 0) is 13.8 Å². The van der Waals surface area contributed by atoms with Crippen LogP contribution in [0.3, 0.4) is 0 Å². The molecular weight excluding hydrogens is 507 g/mol. The first kappa shape index (κ1) is 30.3. The number of benzene rings is 1. The maximum absolute atomic E-state index is 12.6. The molecule has 0 bridgehead atoms. The van der Waals surface area contributed by atoms with Crippen LogP contribution in [0.5, 0.6) is 0 Å². The number of H-pyrrole nitrogens is 1. The summed E-state index contributed by atoms with van der Waals surface area (Å²) in [6, 6.07) is 6.76. The standard InChI is InChI=1S/C18H20N5O9P.2Na/c1-8-3-2-4-9(5-8)16(26)20-14-11-15(22-18(27)21-14)23(7-19-11)17-13(25)12(24)10(32-17)6-31-33(28,29)30;;/h2-5,7,10,12-13,17,24-25H,6H2,1H3,(H2,28,29,30)(H2,20,21,22,26,27);;/q;2*+1/p-2/t10-,12-,13-,17-;;/m1../s1. The molecule has 14 nitrogen and oxygen atoms in total. The Morgan fingerprint density at radius 3 is 2.69 bits per heavy atom. The molecule has 1 aliphatic rings. The second kappa shape index (κ2) is 12.0. The molecule has 1 amide bonds. The number of phosphoric acid groups is 1. The fourth-order valence-electron chi connectivity index (χ4n) is 3.44. The van der Waals surface area contributed by atoms with Crippen molar-refractivity contribution in [2.45, 2.75) is 31.5 Å². The van der Waals surface area contributed by atoms with Gasteiger partial charge in [0.15, 0.2) is 11.9 Å². The van der Waals surface area contributed by atoms with Crippen LogP contribution in [0.25, 0.3) is 11.2 Å². The maximum Gasteiger partial charge on any atom is 1.00 e. The van der Waals surface area contributed by atoms with E-state index in [-0.39, 0.29) is 76.1 Å². The average molecular weight is 525 g/mol. The van der Waals surface area contributed by atoms with Crippen molar-refractivity contribution in [3.05, 3.63) is 52.2 Å². The Balaban J connectivity index is 0.00000216. The van der Waals surface area contributed by atoms with E-state index < -0.39 is 50.6 Å². The molecule has 4 atom stereocenters. The largest absolute Gasteiger partial charge is 1.00 e. The van der Waals surface area contributed by atoms with E-state index in [0.29, 0.717) is 5.56 Å². The summed E-state index contributed by atoms with van der Waals surface area (Å²) >= 11 is 0. The molecule has 35 heavy (non-hydrogen) atoms. The number of nitrogens with zero attached hydrogens (tertiary/aromatic N) is 3. The van der Waals surface area contributed by atoms with Crippen molar-refractivity contribution < 1.29 is 97.7 Å². The van der Waals surface area contributed by atoms with Crippen molar-refractivity contribution in [1.29, 1.82) is 0 Å². The monoisotopic (exact) mass is 525 g/mol. The topological polar surface area (TPSA) is 215 Å². The van der Waals surface area contributed by atoms with Crippen LogP contribution in [0, 0.1) is 6.92 Å². The molecule has 176 valence electrons. The first-order valence-corrected chi connectivity index (χ1v) is 11.0. The minimum atomic E-state index is -5.33. The predicted molar refractivity (Wildman–Crippen MR) is 107 cm³/mol. The number of ether oxygens (including phenoxy) is 1. The van der Waals surface area contributed by atoms with E-state index in [0.717, 1.165) is 16.5 Å². The molecule has 0 unspecified atom stereocenters. The van der Waals surface area contributed by atoms with Gasteiger partial charge in [-0.05, 0) is 19.1 Å². The summed E-state index contributed by atoms with van der Waals surface area (Å²) in [4.78, 5) is 56.4. The number of anilines is 1. The number of hydrogen-bond donors (Lipinski definition) is 4. The second-order valence-corrected chi connectivity index (χ2v) is 8.51. The number of aromatic amines is 1. The molecule has 1 saturated heterocycles. The average Bonchev–Trinajstić information content (AvgIpc) is 3.27. The first-order chi connectivity index (χ1) is 15.5. The summed E-state index contributed by atoms with van der Waals surface area (Å²) in [5.74, 6) is -0.567. The molecule has 1 aromatic carbocycles. The van der Waals surface area contributed by atoms with E-state index >= 15 is 0 Å². The number of aliphatic hydroxyl groups excluding tert-OH is 2. The van der Waals surface area contributed by atoms with Gasteiger partial charge in [-0.1, -0.05) is 17.7 Å². The molecule has 1 fully saturated rings. The van der Waals surface area contributed by atoms with Gasteiger partial charge in [0.1, 0.15) is 29.6 Å². The Morgan fingerprint density at radius 2 is 2.03 bits per heavy atom. The van der Waals surface area contributed by atoms with Crippen molar-refractivity contribution in [2.75, 3.05) is 11.9 Å². The summed E-state index contributed by atoms with van der Waals surface area (Å²) in [6.45, 7) is 0.995. The van der Waals surface area contributed by atoms with Crippen LogP contribution >= 0.6 is 7.82 Å². The molecule has 3 aromatic rings. The number of aromatic nitrogens is 4. The van der Waals surface area contributed by atoms with Crippen LogP contribution in [0.2, 0.25) is 0 Å². The zero-order valence-corrected chi connectivity index (χ0v) is 23.8. The zero-order valence-electron chi connectivity index (χ0n) is 18.9. The molecule has 4 N–H and O–H groups in total. The van der Waals surface area contributed by atoms with Crippen molar-refractivity contribution in [1.82, 2.24) is 19.5 Å². The number of fused-ring (bicyclic) bond motifs is 1. The number of hydrogen-bond acceptors (Lipinski definition) is 11. The number of carbonyl (C=O) groups is 1. The van der Waals surface area contributed by atoms with E-state index in [9.17, 15) is 34.2 Å². The van der Waals surface area contributed by atoms with E-state index in [4.69, 9.17) is 4.74 Å². The number of imidazole rings is 1. The Labute approximate surface area is 241 Å². The van der Waals surface area contributed by atoms with Crippen molar-refractivity contribution in [3.8, 4) is 0 Å². The summed E-state index contributed by atoms with van der Waals surface area (Å²) in [5, 5.41) is 23.1. The van der Waals surface area contributed by atoms with E-state index in [1.165, 1.54) is 0 Å². The Bertz CT molecular complexity index is 1310. The molecule has 3 heterocycles. The molecule has 4 rings (SSSR count). The molecule has 0 aliphatic carbocycles. The SMILES string of the molecule is Cc1cccc(C(=O)Nc2[nH]c(=O)nc3c2ncn3[C@@H]2O[C@H](COP(=O)([O-])[O-])[C@@H](O)[C@H]2O)c1.[Na+].[Na+]. The quantitative estimate of drug-likeness (QED) is 0.175. The van der Waals surface area contributed by atoms with E-state index in [1.807, 2.05) is 13.0 Å².